The highest BCUT2D eigenvalue weighted by Gasteiger charge is 2.40. The Morgan fingerprint density at radius 1 is 1.12 bits per heavy atom. The smallest absolute Gasteiger partial charge is 0.416 e. The topological polar surface area (TPSA) is 71.5 Å². The van der Waals surface area contributed by atoms with Crippen LogP contribution in [0.3, 0.4) is 0 Å². The molecular weight excluding hydrogens is 529 g/mol. The van der Waals surface area contributed by atoms with Gasteiger partial charge in [0.2, 0.25) is 5.91 Å². The first-order valence-corrected chi connectivity index (χ1v) is 14.2. The summed E-state index contributed by atoms with van der Waals surface area (Å²) < 4.78 is 19.6. The summed E-state index contributed by atoms with van der Waals surface area (Å²) in [5.74, 6) is -0.883. The summed E-state index contributed by atoms with van der Waals surface area (Å²) in [6, 6.07) is 16.8. The maximum atomic E-state index is 14.3. The molecule has 6 nitrogen and oxygen atoms in total. The van der Waals surface area contributed by atoms with Crippen molar-refractivity contribution in [1.29, 1.82) is 0 Å². The van der Waals surface area contributed by atoms with Crippen LogP contribution in [-0.4, -0.2) is 41.1 Å². The quantitative estimate of drug-likeness (QED) is 0.246. The van der Waals surface area contributed by atoms with E-state index in [-0.39, 0.29) is 30.4 Å². The molecule has 40 heavy (non-hydrogen) atoms. The summed E-state index contributed by atoms with van der Waals surface area (Å²) in [7, 11) is 0. The molecule has 2 unspecified atom stereocenters. The van der Waals surface area contributed by atoms with Gasteiger partial charge >= 0.3 is 6.09 Å². The van der Waals surface area contributed by atoms with Crippen LogP contribution in [0.2, 0.25) is 5.02 Å². The van der Waals surface area contributed by atoms with Crippen LogP contribution in [0.4, 0.5) is 9.18 Å². The van der Waals surface area contributed by atoms with E-state index >= 15 is 0 Å². The standard InChI is InChI=1S/C32H37ClFN3O3/c1-21-15-25(16-22(2)30(21)34)17-26(11-7-8-14-35-23(3)29-13-12-27(33)19-36-29)31(38)37-28(20-40-32(37)39)18-24-9-5-4-6-10-24/h4-6,9-10,12-13,15-16,19,23,26,28,35H,7-8,11,14,17-18,20H2,1-3H3/t23-,26?,28?/m1/s1. The first-order valence-electron chi connectivity index (χ1n) is 13.9. The number of amides is 2. The van der Waals surface area contributed by atoms with E-state index in [1.165, 1.54) is 4.90 Å². The highest BCUT2D eigenvalue weighted by molar-refractivity contribution is 6.30. The van der Waals surface area contributed by atoms with Crippen molar-refractivity contribution >= 4 is 23.6 Å². The number of nitrogens with one attached hydrogen (secondary N) is 1. The van der Waals surface area contributed by atoms with E-state index in [0.29, 0.717) is 35.4 Å². The summed E-state index contributed by atoms with van der Waals surface area (Å²) in [4.78, 5) is 32.3. The average molecular weight is 566 g/mol. The van der Waals surface area contributed by atoms with Gasteiger partial charge in [-0.25, -0.2) is 14.1 Å². The highest BCUT2D eigenvalue weighted by atomic mass is 35.5. The van der Waals surface area contributed by atoms with Gasteiger partial charge in [0.15, 0.2) is 0 Å². The third-order valence-electron chi connectivity index (χ3n) is 7.46. The van der Waals surface area contributed by atoms with Gasteiger partial charge in [0, 0.05) is 18.2 Å². The molecule has 1 aromatic heterocycles. The molecule has 2 heterocycles. The molecule has 0 aliphatic carbocycles. The Bertz CT molecular complexity index is 1280. The van der Waals surface area contributed by atoms with Crippen molar-refractivity contribution in [3.05, 3.63) is 99.6 Å². The fourth-order valence-electron chi connectivity index (χ4n) is 5.30. The number of pyridine rings is 1. The van der Waals surface area contributed by atoms with E-state index in [2.05, 4.69) is 10.3 Å². The molecule has 1 saturated heterocycles. The van der Waals surface area contributed by atoms with Crippen LogP contribution >= 0.6 is 11.6 Å². The number of cyclic esters (lactones) is 1. The van der Waals surface area contributed by atoms with Gasteiger partial charge in [-0.05, 0) is 87.4 Å². The molecule has 212 valence electrons. The number of aryl methyl sites for hydroxylation is 2. The Hall–Kier alpha value is -3.29. The average Bonchev–Trinajstić information content (AvgIpc) is 3.30. The second-order valence-corrected chi connectivity index (χ2v) is 11.1. The number of hydrogen-bond acceptors (Lipinski definition) is 5. The number of benzene rings is 2. The number of carbonyl (C=O) groups excluding carboxylic acids is 2. The van der Waals surface area contributed by atoms with Crippen LogP contribution < -0.4 is 5.32 Å². The van der Waals surface area contributed by atoms with Crippen molar-refractivity contribution < 1.29 is 18.7 Å². The molecule has 1 fully saturated rings. The molecule has 0 radical (unpaired) electrons. The normalized spacial score (nSPS) is 16.6. The first-order chi connectivity index (χ1) is 19.2. The molecule has 0 saturated carbocycles. The molecule has 0 spiro atoms. The maximum Gasteiger partial charge on any atom is 0.416 e. The van der Waals surface area contributed by atoms with Crippen molar-refractivity contribution in [2.24, 2.45) is 5.92 Å². The summed E-state index contributed by atoms with van der Waals surface area (Å²) in [5, 5.41) is 4.07. The zero-order chi connectivity index (χ0) is 28.6. The Morgan fingerprint density at radius 2 is 1.85 bits per heavy atom. The Morgan fingerprint density at radius 3 is 2.52 bits per heavy atom. The van der Waals surface area contributed by atoms with Gasteiger partial charge in [-0.3, -0.25) is 9.78 Å². The van der Waals surface area contributed by atoms with Crippen LogP contribution in [-0.2, 0) is 22.4 Å². The zero-order valence-electron chi connectivity index (χ0n) is 23.3. The number of ether oxygens (including phenoxy) is 1. The summed E-state index contributed by atoms with van der Waals surface area (Å²) in [6.07, 6.45) is 4.26. The molecule has 1 N–H and O–H groups in total. The lowest BCUT2D eigenvalue weighted by molar-refractivity contribution is -0.133. The first kappa shape index (κ1) is 29.7. The maximum absolute atomic E-state index is 14.3. The number of hydrogen-bond donors (Lipinski definition) is 1. The van der Waals surface area contributed by atoms with Gasteiger partial charge in [-0.15, -0.1) is 0 Å². The predicted octanol–water partition coefficient (Wildman–Crippen LogP) is 6.76. The molecule has 1 aliphatic heterocycles. The Labute approximate surface area is 240 Å². The van der Waals surface area contributed by atoms with Gasteiger partial charge < -0.3 is 10.1 Å². The SMILES string of the molecule is Cc1cc(CC(CCCCN[C@H](C)c2ccc(Cl)cn2)C(=O)N2C(=O)OCC2Cc2ccccc2)cc(C)c1F. The van der Waals surface area contributed by atoms with Crippen LogP contribution in [0.15, 0.2) is 60.8 Å². The second-order valence-electron chi connectivity index (χ2n) is 10.6. The zero-order valence-corrected chi connectivity index (χ0v) is 24.1. The minimum absolute atomic E-state index is 0.0676. The lowest BCUT2D eigenvalue weighted by Gasteiger charge is -2.25. The summed E-state index contributed by atoms with van der Waals surface area (Å²) >= 11 is 5.94. The van der Waals surface area contributed by atoms with Crippen molar-refractivity contribution in [2.45, 2.75) is 65.0 Å². The fraction of sp³-hybridized carbons (Fsp3) is 0.406. The molecule has 0 bridgehead atoms. The van der Waals surface area contributed by atoms with Gasteiger partial charge in [-0.1, -0.05) is 60.5 Å². The van der Waals surface area contributed by atoms with Crippen LogP contribution in [0.25, 0.3) is 0 Å². The summed E-state index contributed by atoms with van der Waals surface area (Å²) in [5.41, 5.74) is 3.95. The van der Waals surface area contributed by atoms with E-state index < -0.39 is 12.0 Å². The minimum Gasteiger partial charge on any atom is -0.447 e. The molecule has 3 aromatic rings. The van der Waals surface area contributed by atoms with Crippen molar-refractivity contribution in [3.63, 3.8) is 0 Å². The van der Waals surface area contributed by atoms with Gasteiger partial charge in [-0.2, -0.15) is 0 Å². The van der Waals surface area contributed by atoms with Crippen molar-refractivity contribution in [2.75, 3.05) is 13.2 Å². The number of aromatic nitrogens is 1. The number of unbranched alkanes of at least 4 members (excludes halogenated alkanes) is 1. The molecule has 4 rings (SSSR count). The lowest BCUT2D eigenvalue weighted by atomic mass is 9.90. The van der Waals surface area contributed by atoms with E-state index in [1.807, 2.05) is 49.4 Å². The van der Waals surface area contributed by atoms with Crippen LogP contribution in [0.5, 0.6) is 0 Å². The lowest BCUT2D eigenvalue weighted by Crippen LogP contribution is -2.44. The van der Waals surface area contributed by atoms with Gasteiger partial charge in [0.1, 0.15) is 12.4 Å². The van der Waals surface area contributed by atoms with Crippen LogP contribution in [0.1, 0.15) is 60.2 Å². The molecule has 1 aliphatic rings. The number of rotatable bonds is 12. The van der Waals surface area contributed by atoms with Crippen LogP contribution in [0, 0.1) is 25.6 Å². The largest absolute Gasteiger partial charge is 0.447 e. The number of nitrogens with zero attached hydrogens (tertiary/aromatic N) is 2. The third-order valence-corrected chi connectivity index (χ3v) is 7.69. The van der Waals surface area contributed by atoms with Crippen molar-refractivity contribution in [1.82, 2.24) is 15.2 Å². The molecule has 2 aromatic carbocycles. The number of imide groups is 1. The van der Waals surface area contributed by atoms with E-state index in [9.17, 15) is 14.0 Å². The highest BCUT2D eigenvalue weighted by Crippen LogP contribution is 2.26. The molecule has 3 atom stereocenters. The second kappa shape index (κ2) is 13.9. The Balaban J connectivity index is 1.43. The summed E-state index contributed by atoms with van der Waals surface area (Å²) in [6.45, 7) is 6.45. The fourth-order valence-corrected chi connectivity index (χ4v) is 5.41. The Kier molecular flexibility index (Phi) is 10.3. The molecular formula is C32H37ClFN3O3. The number of halogens is 2. The van der Waals surface area contributed by atoms with E-state index in [0.717, 1.165) is 36.2 Å². The molecule has 8 heteroatoms. The number of carbonyl (C=O) groups is 2. The molecule has 2 amide bonds. The predicted molar refractivity (Wildman–Crippen MR) is 155 cm³/mol. The van der Waals surface area contributed by atoms with Gasteiger partial charge in [0.25, 0.3) is 0 Å². The van der Waals surface area contributed by atoms with Gasteiger partial charge in [0.05, 0.1) is 16.8 Å². The van der Waals surface area contributed by atoms with E-state index in [4.69, 9.17) is 16.3 Å². The van der Waals surface area contributed by atoms with E-state index in [1.54, 1.807) is 32.2 Å². The minimum atomic E-state index is -0.589. The monoisotopic (exact) mass is 565 g/mol. The third kappa shape index (κ3) is 7.67. The van der Waals surface area contributed by atoms with Crippen molar-refractivity contribution in [3.8, 4) is 0 Å².